The van der Waals surface area contributed by atoms with Crippen LogP contribution in [0.15, 0.2) is 59.2 Å². The Morgan fingerprint density at radius 3 is 2.53 bits per heavy atom. The van der Waals surface area contributed by atoms with Crippen LogP contribution in [0.3, 0.4) is 0 Å². The summed E-state index contributed by atoms with van der Waals surface area (Å²) >= 11 is 17.1. The number of benzene rings is 2. The number of rotatable bonds is 6. The fourth-order valence-electron chi connectivity index (χ4n) is 2.66. The summed E-state index contributed by atoms with van der Waals surface area (Å²) in [5, 5.41) is 9.13. The number of hydrogen-bond donors (Lipinski definition) is 3. The molecule has 2 aromatic carbocycles. The van der Waals surface area contributed by atoms with E-state index in [1.807, 2.05) is 6.92 Å². The van der Waals surface area contributed by atoms with Crippen molar-refractivity contribution in [2.75, 3.05) is 10.6 Å². The topological polar surface area (TPSA) is 92.6 Å². The number of aryl methyl sites for hydroxylation is 1. The van der Waals surface area contributed by atoms with Gasteiger partial charge in [-0.1, -0.05) is 23.2 Å². The summed E-state index contributed by atoms with van der Waals surface area (Å²) < 4.78 is 10.7. The molecule has 166 valence electrons. The Kier molecular flexibility index (Phi) is 7.74. The highest BCUT2D eigenvalue weighted by atomic mass is 35.5. The molecule has 0 aliphatic heterocycles. The van der Waals surface area contributed by atoms with E-state index < -0.39 is 12.0 Å². The molecule has 3 N–H and O–H groups in total. The van der Waals surface area contributed by atoms with Gasteiger partial charge in [0.1, 0.15) is 5.75 Å². The van der Waals surface area contributed by atoms with Crippen LogP contribution in [0.2, 0.25) is 10.0 Å². The van der Waals surface area contributed by atoms with Gasteiger partial charge in [0.25, 0.3) is 11.8 Å². The van der Waals surface area contributed by atoms with Crippen LogP contribution in [-0.4, -0.2) is 23.0 Å². The van der Waals surface area contributed by atoms with Gasteiger partial charge in [0.05, 0.1) is 11.3 Å². The standard InChI is InChI=1S/C22H19Cl2N3O4S/c1-12-10-15(6-7-17(12)26-21(29)19-4-3-9-30-19)25-22(32)27-20(28)13(2)31-18-8-5-14(23)11-16(18)24/h3-11,13H,1-2H3,(H,26,29)(H2,25,27,28,32)/t13-/m0/s1. The van der Waals surface area contributed by atoms with Gasteiger partial charge in [-0.2, -0.15) is 0 Å². The smallest absolute Gasteiger partial charge is 0.291 e. The summed E-state index contributed by atoms with van der Waals surface area (Å²) in [4.78, 5) is 24.5. The first-order chi connectivity index (χ1) is 15.2. The molecule has 0 saturated carbocycles. The number of amides is 2. The van der Waals surface area contributed by atoms with Crippen molar-refractivity contribution in [1.29, 1.82) is 0 Å². The molecule has 2 amide bonds. The van der Waals surface area contributed by atoms with Crippen molar-refractivity contribution in [2.45, 2.75) is 20.0 Å². The lowest BCUT2D eigenvalue weighted by Gasteiger charge is -2.17. The van der Waals surface area contributed by atoms with Crippen LogP contribution < -0.4 is 20.7 Å². The van der Waals surface area contributed by atoms with Crippen molar-refractivity contribution in [3.8, 4) is 5.75 Å². The Hall–Kier alpha value is -3.07. The lowest BCUT2D eigenvalue weighted by Crippen LogP contribution is -2.42. The zero-order chi connectivity index (χ0) is 23.3. The molecule has 0 saturated heterocycles. The van der Waals surface area contributed by atoms with Gasteiger partial charge in [-0.05, 0) is 80.2 Å². The average molecular weight is 492 g/mol. The lowest BCUT2D eigenvalue weighted by atomic mass is 10.1. The molecule has 0 aliphatic rings. The quantitative estimate of drug-likeness (QED) is 0.398. The minimum atomic E-state index is -0.852. The van der Waals surface area contributed by atoms with E-state index in [0.29, 0.717) is 27.2 Å². The maximum absolute atomic E-state index is 12.4. The summed E-state index contributed by atoms with van der Waals surface area (Å²) in [7, 11) is 0. The number of furan rings is 1. The predicted octanol–water partition coefficient (Wildman–Crippen LogP) is 5.43. The zero-order valence-electron chi connectivity index (χ0n) is 17.1. The van der Waals surface area contributed by atoms with Gasteiger partial charge in [-0.15, -0.1) is 0 Å². The molecule has 1 atom stereocenters. The molecule has 0 unspecified atom stereocenters. The third kappa shape index (κ3) is 6.23. The van der Waals surface area contributed by atoms with Crippen LogP contribution in [0.25, 0.3) is 0 Å². The molecule has 0 aliphatic carbocycles. The summed E-state index contributed by atoms with van der Waals surface area (Å²) in [6, 6.07) is 13.2. The second-order valence-corrected chi connectivity index (χ2v) is 7.99. The minimum absolute atomic E-state index is 0.0967. The first-order valence-electron chi connectivity index (χ1n) is 9.42. The lowest BCUT2D eigenvalue weighted by molar-refractivity contribution is -0.125. The van der Waals surface area contributed by atoms with E-state index in [0.717, 1.165) is 5.56 Å². The van der Waals surface area contributed by atoms with E-state index in [-0.39, 0.29) is 16.8 Å². The second-order valence-electron chi connectivity index (χ2n) is 6.74. The Balaban J connectivity index is 1.55. The van der Waals surface area contributed by atoms with E-state index >= 15 is 0 Å². The molecular formula is C22H19Cl2N3O4S. The van der Waals surface area contributed by atoms with Crippen LogP contribution in [0, 0.1) is 6.92 Å². The van der Waals surface area contributed by atoms with Crippen molar-refractivity contribution in [3.63, 3.8) is 0 Å². The average Bonchev–Trinajstić information content (AvgIpc) is 3.27. The number of carbonyl (C=O) groups excluding carboxylic acids is 2. The van der Waals surface area contributed by atoms with E-state index in [4.69, 9.17) is 44.6 Å². The number of nitrogens with one attached hydrogen (secondary N) is 3. The van der Waals surface area contributed by atoms with E-state index in [9.17, 15) is 9.59 Å². The van der Waals surface area contributed by atoms with Crippen LogP contribution >= 0.6 is 35.4 Å². The SMILES string of the molecule is Cc1cc(NC(=S)NC(=O)[C@H](C)Oc2ccc(Cl)cc2Cl)ccc1NC(=O)c1ccco1. The molecule has 3 rings (SSSR count). The fourth-order valence-corrected chi connectivity index (χ4v) is 3.34. The third-order valence-corrected chi connectivity index (χ3v) is 5.02. The number of halogens is 2. The van der Waals surface area contributed by atoms with Gasteiger partial charge < -0.3 is 19.8 Å². The van der Waals surface area contributed by atoms with Crippen LogP contribution in [0.1, 0.15) is 23.0 Å². The molecular weight excluding hydrogens is 473 g/mol. The largest absolute Gasteiger partial charge is 0.479 e. The molecule has 0 spiro atoms. The Morgan fingerprint density at radius 2 is 1.88 bits per heavy atom. The van der Waals surface area contributed by atoms with Crippen molar-refractivity contribution in [3.05, 3.63) is 76.2 Å². The molecule has 0 radical (unpaired) electrons. The van der Waals surface area contributed by atoms with Crippen molar-refractivity contribution >= 4 is 63.7 Å². The second kappa shape index (κ2) is 10.5. The Bertz CT molecular complexity index is 1150. The van der Waals surface area contributed by atoms with Crippen LogP contribution in [-0.2, 0) is 4.79 Å². The number of hydrogen-bond acceptors (Lipinski definition) is 5. The van der Waals surface area contributed by atoms with Crippen molar-refractivity contribution in [1.82, 2.24) is 5.32 Å². The summed E-state index contributed by atoms with van der Waals surface area (Å²) in [6.07, 6.45) is 0.578. The highest BCUT2D eigenvalue weighted by molar-refractivity contribution is 7.80. The van der Waals surface area contributed by atoms with Gasteiger partial charge in [0.2, 0.25) is 0 Å². The molecule has 0 fully saturated rings. The van der Waals surface area contributed by atoms with Crippen LogP contribution in [0.4, 0.5) is 11.4 Å². The maximum Gasteiger partial charge on any atom is 0.291 e. The number of carbonyl (C=O) groups is 2. The molecule has 3 aromatic rings. The zero-order valence-corrected chi connectivity index (χ0v) is 19.4. The highest BCUT2D eigenvalue weighted by Gasteiger charge is 2.18. The van der Waals surface area contributed by atoms with Gasteiger partial charge in [-0.3, -0.25) is 14.9 Å². The van der Waals surface area contributed by atoms with Gasteiger partial charge >= 0.3 is 0 Å². The van der Waals surface area contributed by atoms with Gasteiger partial charge in [-0.25, -0.2) is 0 Å². The predicted molar refractivity (Wildman–Crippen MR) is 129 cm³/mol. The van der Waals surface area contributed by atoms with E-state index in [2.05, 4.69) is 16.0 Å². The monoisotopic (exact) mass is 491 g/mol. The maximum atomic E-state index is 12.4. The van der Waals surface area contributed by atoms with Gasteiger partial charge in [0, 0.05) is 16.4 Å². The molecule has 1 aromatic heterocycles. The first-order valence-corrected chi connectivity index (χ1v) is 10.6. The Morgan fingerprint density at radius 1 is 1.09 bits per heavy atom. The van der Waals surface area contributed by atoms with Crippen molar-refractivity contribution in [2.24, 2.45) is 0 Å². The highest BCUT2D eigenvalue weighted by Crippen LogP contribution is 2.28. The number of anilines is 2. The normalized spacial score (nSPS) is 11.4. The summed E-state index contributed by atoms with van der Waals surface area (Å²) in [6.45, 7) is 3.40. The molecule has 1 heterocycles. The Labute approximate surface area is 200 Å². The number of thiocarbonyl (C=S) groups is 1. The first kappa shape index (κ1) is 23.6. The van der Waals surface area contributed by atoms with Gasteiger partial charge in [0.15, 0.2) is 17.0 Å². The summed E-state index contributed by atoms with van der Waals surface area (Å²) in [5.74, 6) is -0.254. The molecule has 10 heteroatoms. The minimum Gasteiger partial charge on any atom is -0.479 e. The molecule has 0 bridgehead atoms. The third-order valence-electron chi connectivity index (χ3n) is 4.28. The molecule has 32 heavy (non-hydrogen) atoms. The van der Waals surface area contributed by atoms with Crippen molar-refractivity contribution < 1.29 is 18.7 Å². The van der Waals surface area contributed by atoms with Crippen LogP contribution in [0.5, 0.6) is 5.75 Å². The number of ether oxygens (including phenoxy) is 1. The summed E-state index contributed by atoms with van der Waals surface area (Å²) in [5.41, 5.74) is 2.05. The fraction of sp³-hybridized carbons (Fsp3) is 0.136. The van der Waals surface area contributed by atoms with E-state index in [1.54, 1.807) is 49.4 Å². The van der Waals surface area contributed by atoms with E-state index in [1.165, 1.54) is 12.3 Å². The molecule has 7 nitrogen and oxygen atoms in total.